The number of piperidine rings is 1. The highest BCUT2D eigenvalue weighted by Crippen LogP contribution is 2.39. The molecule has 5 rings (SSSR count). The standard InChI is InChI=1S/C29H35N3O5/c1-20-7-5-9-22(17-20)27(34)32-25(26(33)30-18-23-10-6-16-36-23)19-37-29(32)12-14-31(15-13-29)28(35)24-11-4-3-8-21(24)2/h3-5,7-9,11,17,23,25H,6,10,12-16,18-19H2,1-2H3,(H,30,33)/t23-,25+/m1/s1. The number of likely N-dealkylation sites (tertiary alicyclic amines) is 1. The van der Waals surface area contributed by atoms with Crippen LogP contribution in [-0.4, -0.2) is 78.2 Å². The first-order valence-corrected chi connectivity index (χ1v) is 13.2. The van der Waals surface area contributed by atoms with Gasteiger partial charge in [-0.05, 0) is 50.5 Å². The van der Waals surface area contributed by atoms with Crippen molar-refractivity contribution in [1.29, 1.82) is 0 Å². The largest absolute Gasteiger partial charge is 0.376 e. The summed E-state index contributed by atoms with van der Waals surface area (Å²) in [6, 6.07) is 14.2. The van der Waals surface area contributed by atoms with E-state index >= 15 is 0 Å². The number of hydrogen-bond acceptors (Lipinski definition) is 5. The van der Waals surface area contributed by atoms with E-state index < -0.39 is 11.8 Å². The Balaban J connectivity index is 1.36. The fraction of sp³-hybridized carbons (Fsp3) is 0.483. The Morgan fingerprint density at radius 3 is 2.51 bits per heavy atom. The molecule has 3 saturated heterocycles. The van der Waals surface area contributed by atoms with Gasteiger partial charge in [0.1, 0.15) is 11.8 Å². The van der Waals surface area contributed by atoms with Gasteiger partial charge >= 0.3 is 0 Å². The van der Waals surface area contributed by atoms with E-state index in [1.54, 1.807) is 11.0 Å². The lowest BCUT2D eigenvalue weighted by Gasteiger charge is -2.44. The zero-order chi connectivity index (χ0) is 26.0. The quantitative estimate of drug-likeness (QED) is 0.675. The molecule has 0 aromatic heterocycles. The number of carbonyl (C=O) groups excluding carboxylic acids is 3. The summed E-state index contributed by atoms with van der Waals surface area (Å²) in [5.74, 6) is -0.475. The average molecular weight is 506 g/mol. The van der Waals surface area contributed by atoms with E-state index in [1.807, 2.05) is 61.2 Å². The van der Waals surface area contributed by atoms with Crippen LogP contribution < -0.4 is 5.32 Å². The van der Waals surface area contributed by atoms with Crippen LogP contribution in [0.15, 0.2) is 48.5 Å². The Hall–Kier alpha value is -3.23. The minimum atomic E-state index is -0.935. The fourth-order valence-electron chi connectivity index (χ4n) is 5.66. The Labute approximate surface area is 217 Å². The molecule has 3 amide bonds. The maximum atomic E-state index is 13.9. The van der Waals surface area contributed by atoms with Crippen LogP contribution >= 0.6 is 0 Å². The highest BCUT2D eigenvalue weighted by molar-refractivity contribution is 5.99. The third kappa shape index (κ3) is 5.13. The number of aryl methyl sites for hydroxylation is 2. The first-order chi connectivity index (χ1) is 17.9. The summed E-state index contributed by atoms with van der Waals surface area (Å²) >= 11 is 0. The van der Waals surface area contributed by atoms with Crippen LogP contribution in [0.1, 0.15) is 57.5 Å². The number of carbonyl (C=O) groups is 3. The second kappa shape index (κ2) is 10.6. The predicted molar refractivity (Wildman–Crippen MR) is 138 cm³/mol. The minimum absolute atomic E-state index is 0.0110. The summed E-state index contributed by atoms with van der Waals surface area (Å²) in [6.45, 7) is 6.01. The maximum absolute atomic E-state index is 13.9. The molecule has 0 bridgehead atoms. The van der Waals surface area contributed by atoms with E-state index in [2.05, 4.69) is 5.32 Å². The number of nitrogens with zero attached hydrogens (tertiary/aromatic N) is 2. The van der Waals surface area contributed by atoms with Crippen LogP contribution in [0.2, 0.25) is 0 Å². The third-order valence-corrected chi connectivity index (χ3v) is 7.78. The second-order valence-electron chi connectivity index (χ2n) is 10.3. The van der Waals surface area contributed by atoms with Gasteiger partial charge in [-0.1, -0.05) is 35.9 Å². The molecule has 37 heavy (non-hydrogen) atoms. The molecule has 1 N–H and O–H groups in total. The van der Waals surface area contributed by atoms with Crippen LogP contribution in [0.3, 0.4) is 0 Å². The van der Waals surface area contributed by atoms with E-state index in [9.17, 15) is 14.4 Å². The zero-order valence-corrected chi connectivity index (χ0v) is 21.6. The molecule has 2 aromatic rings. The summed E-state index contributed by atoms with van der Waals surface area (Å²) in [5, 5.41) is 2.99. The summed E-state index contributed by atoms with van der Waals surface area (Å²) in [7, 11) is 0. The monoisotopic (exact) mass is 505 g/mol. The molecule has 8 nitrogen and oxygen atoms in total. The van der Waals surface area contributed by atoms with Gasteiger partial charge in [0.25, 0.3) is 11.8 Å². The summed E-state index contributed by atoms with van der Waals surface area (Å²) in [5.41, 5.74) is 2.18. The Morgan fingerprint density at radius 1 is 1.03 bits per heavy atom. The molecular formula is C29H35N3O5. The molecule has 1 spiro atoms. The topological polar surface area (TPSA) is 88.2 Å². The molecule has 3 aliphatic heterocycles. The van der Waals surface area contributed by atoms with Crippen molar-refractivity contribution in [2.45, 2.75) is 57.4 Å². The van der Waals surface area contributed by atoms with Crippen LogP contribution in [0, 0.1) is 13.8 Å². The zero-order valence-electron chi connectivity index (χ0n) is 21.6. The lowest BCUT2D eigenvalue weighted by Crippen LogP contribution is -2.60. The molecule has 3 fully saturated rings. The van der Waals surface area contributed by atoms with Gasteiger partial charge < -0.3 is 19.7 Å². The van der Waals surface area contributed by atoms with Gasteiger partial charge in [-0.15, -0.1) is 0 Å². The number of nitrogens with one attached hydrogen (secondary N) is 1. The van der Waals surface area contributed by atoms with Gasteiger partial charge in [0.2, 0.25) is 5.91 Å². The highest BCUT2D eigenvalue weighted by atomic mass is 16.5. The molecule has 0 unspecified atom stereocenters. The highest BCUT2D eigenvalue weighted by Gasteiger charge is 2.54. The molecule has 3 aliphatic rings. The van der Waals surface area contributed by atoms with Crippen molar-refractivity contribution >= 4 is 17.7 Å². The van der Waals surface area contributed by atoms with E-state index in [1.165, 1.54) is 0 Å². The van der Waals surface area contributed by atoms with E-state index in [0.717, 1.165) is 24.0 Å². The lowest BCUT2D eigenvalue weighted by molar-refractivity contribution is -0.128. The summed E-state index contributed by atoms with van der Waals surface area (Å²) in [4.78, 5) is 43.9. The van der Waals surface area contributed by atoms with Crippen LogP contribution in [-0.2, 0) is 14.3 Å². The Bertz CT molecular complexity index is 1170. The molecule has 2 aromatic carbocycles. The molecule has 2 atom stereocenters. The maximum Gasteiger partial charge on any atom is 0.256 e. The van der Waals surface area contributed by atoms with E-state index in [4.69, 9.17) is 9.47 Å². The van der Waals surface area contributed by atoms with Gasteiger partial charge in [-0.25, -0.2) is 0 Å². The normalized spacial score (nSPS) is 22.9. The van der Waals surface area contributed by atoms with Crippen molar-refractivity contribution in [2.24, 2.45) is 0 Å². The van der Waals surface area contributed by atoms with Crippen molar-refractivity contribution in [1.82, 2.24) is 15.1 Å². The van der Waals surface area contributed by atoms with Crippen molar-refractivity contribution in [3.8, 4) is 0 Å². The molecule has 8 heteroatoms. The number of hydrogen-bond donors (Lipinski definition) is 1. The lowest BCUT2D eigenvalue weighted by atomic mass is 9.95. The summed E-state index contributed by atoms with van der Waals surface area (Å²) in [6.07, 6.45) is 2.81. The number of ether oxygens (including phenoxy) is 2. The smallest absolute Gasteiger partial charge is 0.256 e. The van der Waals surface area contributed by atoms with Crippen LogP contribution in [0.4, 0.5) is 0 Å². The predicted octanol–water partition coefficient (Wildman–Crippen LogP) is 3.07. The van der Waals surface area contributed by atoms with Gasteiger partial charge in [-0.3, -0.25) is 19.3 Å². The van der Waals surface area contributed by atoms with Gasteiger partial charge in [0.15, 0.2) is 0 Å². The second-order valence-corrected chi connectivity index (χ2v) is 10.3. The molecular weight excluding hydrogens is 470 g/mol. The average Bonchev–Trinajstić information content (AvgIpc) is 3.56. The SMILES string of the molecule is Cc1cccc(C(=O)N2[C@H](C(=O)NC[C@H]3CCCO3)COC23CCN(C(=O)c2ccccc2C)CC3)c1. The van der Waals surface area contributed by atoms with Crippen molar-refractivity contribution in [2.75, 3.05) is 32.8 Å². The number of benzene rings is 2. The van der Waals surface area contributed by atoms with Gasteiger partial charge in [-0.2, -0.15) is 0 Å². The van der Waals surface area contributed by atoms with Gasteiger partial charge in [0, 0.05) is 50.2 Å². The first-order valence-electron chi connectivity index (χ1n) is 13.2. The first kappa shape index (κ1) is 25.4. The minimum Gasteiger partial charge on any atom is -0.376 e. The fourth-order valence-corrected chi connectivity index (χ4v) is 5.66. The molecule has 0 saturated carbocycles. The van der Waals surface area contributed by atoms with E-state index in [0.29, 0.717) is 50.2 Å². The van der Waals surface area contributed by atoms with Gasteiger partial charge in [0.05, 0.1) is 12.7 Å². The molecule has 3 heterocycles. The molecule has 0 aliphatic carbocycles. The third-order valence-electron chi connectivity index (χ3n) is 7.78. The van der Waals surface area contributed by atoms with Crippen LogP contribution in [0.5, 0.6) is 0 Å². The Morgan fingerprint density at radius 2 is 1.81 bits per heavy atom. The Kier molecular flexibility index (Phi) is 7.31. The van der Waals surface area contributed by atoms with Crippen molar-refractivity contribution in [3.63, 3.8) is 0 Å². The van der Waals surface area contributed by atoms with Crippen LogP contribution in [0.25, 0.3) is 0 Å². The summed E-state index contributed by atoms with van der Waals surface area (Å²) < 4.78 is 12.0. The van der Waals surface area contributed by atoms with Crippen molar-refractivity contribution in [3.05, 3.63) is 70.8 Å². The van der Waals surface area contributed by atoms with E-state index in [-0.39, 0.29) is 30.4 Å². The number of rotatable bonds is 5. The molecule has 0 radical (unpaired) electrons. The number of amides is 3. The molecule has 196 valence electrons. The van der Waals surface area contributed by atoms with Crippen molar-refractivity contribution < 1.29 is 23.9 Å².